The highest BCUT2D eigenvalue weighted by Crippen LogP contribution is 2.06. The quantitative estimate of drug-likeness (QED) is 0.804. The standard InChI is InChI=1S/C10H21N5O.2ClH/c1-10(2,3)14(7-6-13(4)5)15-8-9(11)16-12-15;;/h8,11H,6-7H2,1-5H3;2*1H. The van der Waals surface area contributed by atoms with Crippen LogP contribution in [0.15, 0.2) is 10.7 Å². The van der Waals surface area contributed by atoms with Crippen LogP contribution in [-0.4, -0.2) is 37.6 Å². The van der Waals surface area contributed by atoms with Crippen LogP contribution in [0.2, 0.25) is 0 Å². The zero-order valence-corrected chi connectivity index (χ0v) is 13.1. The summed E-state index contributed by atoms with van der Waals surface area (Å²) in [6, 6.07) is 0. The lowest BCUT2D eigenvalue weighted by Crippen LogP contribution is -2.69. The van der Waals surface area contributed by atoms with E-state index < -0.39 is 0 Å². The van der Waals surface area contributed by atoms with Crippen LogP contribution in [0.5, 0.6) is 0 Å². The number of hydrogen-bond acceptors (Lipinski definition) is 4. The van der Waals surface area contributed by atoms with Gasteiger partial charge in [-0.25, -0.2) is 0 Å². The maximum Gasteiger partial charge on any atom is 0.286 e. The molecule has 0 aliphatic carbocycles. The van der Waals surface area contributed by atoms with Crippen molar-refractivity contribution in [3.8, 4) is 0 Å². The Labute approximate surface area is 120 Å². The van der Waals surface area contributed by atoms with Crippen molar-refractivity contribution in [3.63, 3.8) is 0 Å². The molecule has 108 valence electrons. The van der Waals surface area contributed by atoms with Crippen LogP contribution >= 0.6 is 24.8 Å². The lowest BCUT2D eigenvalue weighted by molar-refractivity contribution is -0.770. The molecule has 0 aliphatic heterocycles. The highest BCUT2D eigenvalue weighted by atomic mass is 35.5. The summed E-state index contributed by atoms with van der Waals surface area (Å²) in [7, 11) is 4.06. The van der Waals surface area contributed by atoms with Gasteiger partial charge in [0.15, 0.2) is 0 Å². The summed E-state index contributed by atoms with van der Waals surface area (Å²) < 4.78 is 4.77. The molecule has 1 N–H and O–H groups in total. The van der Waals surface area contributed by atoms with Crippen molar-refractivity contribution in [2.24, 2.45) is 0 Å². The Balaban J connectivity index is 0. The van der Waals surface area contributed by atoms with Crippen molar-refractivity contribution in [2.45, 2.75) is 26.3 Å². The molecule has 0 radical (unpaired) electrons. The molecular formula is C10H23Cl2N5O. The molecule has 1 aromatic rings. The fraction of sp³-hybridized carbons (Fsp3) is 0.800. The summed E-state index contributed by atoms with van der Waals surface area (Å²) in [5.41, 5.74) is 0.00313. The fourth-order valence-corrected chi connectivity index (χ4v) is 1.39. The van der Waals surface area contributed by atoms with E-state index in [1.165, 1.54) is 0 Å². The first-order valence-electron chi connectivity index (χ1n) is 5.33. The summed E-state index contributed by atoms with van der Waals surface area (Å²) in [5, 5.41) is 13.2. The topological polar surface area (TPSA) is 61.5 Å². The predicted molar refractivity (Wildman–Crippen MR) is 74.0 cm³/mol. The average molecular weight is 300 g/mol. The third-order valence-electron chi connectivity index (χ3n) is 2.24. The zero-order valence-electron chi connectivity index (χ0n) is 11.5. The van der Waals surface area contributed by atoms with Gasteiger partial charge in [0.2, 0.25) is 0 Å². The van der Waals surface area contributed by atoms with Gasteiger partial charge in [-0.2, -0.15) is 0 Å². The summed E-state index contributed by atoms with van der Waals surface area (Å²) in [5.74, 6) is 0. The van der Waals surface area contributed by atoms with E-state index >= 15 is 0 Å². The van der Waals surface area contributed by atoms with Crippen LogP contribution in [0, 0.1) is 5.41 Å². The highest BCUT2D eigenvalue weighted by molar-refractivity contribution is 5.85. The van der Waals surface area contributed by atoms with Crippen LogP contribution < -0.4 is 20.6 Å². The van der Waals surface area contributed by atoms with Gasteiger partial charge in [0.25, 0.3) is 11.8 Å². The molecule has 0 aromatic carbocycles. The van der Waals surface area contributed by atoms with Crippen LogP contribution in [0.1, 0.15) is 20.8 Å². The molecule has 0 fully saturated rings. The molecule has 0 aliphatic rings. The van der Waals surface area contributed by atoms with Crippen molar-refractivity contribution in [3.05, 3.63) is 11.8 Å². The molecule has 1 rings (SSSR count). The molecular weight excluding hydrogens is 277 g/mol. The van der Waals surface area contributed by atoms with E-state index in [1.54, 1.807) is 11.0 Å². The molecule has 1 aromatic heterocycles. The smallest absolute Gasteiger partial charge is 0.286 e. The van der Waals surface area contributed by atoms with Crippen LogP contribution in [0.4, 0.5) is 0 Å². The van der Waals surface area contributed by atoms with Crippen LogP contribution in [0.3, 0.4) is 0 Å². The predicted octanol–water partition coefficient (Wildman–Crippen LogP) is 0.145. The molecule has 0 spiro atoms. The Hall–Kier alpha value is -0.720. The molecule has 18 heavy (non-hydrogen) atoms. The van der Waals surface area contributed by atoms with Crippen LogP contribution in [0.25, 0.3) is 0 Å². The van der Waals surface area contributed by atoms with E-state index in [9.17, 15) is 0 Å². The summed E-state index contributed by atoms with van der Waals surface area (Å²) in [6.45, 7) is 8.06. The Kier molecular flexibility index (Phi) is 8.34. The van der Waals surface area contributed by atoms with Crippen molar-refractivity contribution in [1.82, 2.24) is 10.2 Å². The molecule has 0 unspecified atom stereocenters. The van der Waals surface area contributed by atoms with Gasteiger partial charge >= 0.3 is 0 Å². The maximum absolute atomic E-state index is 7.34. The van der Waals surface area contributed by atoms with E-state index in [-0.39, 0.29) is 35.9 Å². The minimum Gasteiger partial charge on any atom is -0.380 e. The number of hydrogen-bond donors (Lipinski definition) is 1. The van der Waals surface area contributed by atoms with Gasteiger partial charge in [-0.15, -0.1) is 24.8 Å². The number of halogens is 2. The van der Waals surface area contributed by atoms with Gasteiger partial charge in [-0.3, -0.25) is 10.4 Å². The summed E-state index contributed by atoms with van der Waals surface area (Å²) in [6.07, 6.45) is 1.57. The zero-order chi connectivity index (χ0) is 12.3. The molecule has 0 amide bonds. The third kappa shape index (κ3) is 5.75. The Morgan fingerprint density at radius 1 is 1.28 bits per heavy atom. The van der Waals surface area contributed by atoms with Gasteiger partial charge in [-0.05, 0) is 19.4 Å². The first kappa shape index (κ1) is 19.6. The molecule has 0 bridgehead atoms. The van der Waals surface area contributed by atoms with Gasteiger partial charge < -0.3 is 9.42 Å². The SMILES string of the molecule is CN(C)CCN([n+]1cc(=N)o[n-]1)C(C)(C)C.Cl.Cl. The largest absolute Gasteiger partial charge is 0.380 e. The number of aromatic nitrogens is 2. The van der Waals surface area contributed by atoms with E-state index in [1.807, 2.05) is 14.1 Å². The molecule has 6 nitrogen and oxygen atoms in total. The van der Waals surface area contributed by atoms with Gasteiger partial charge in [-0.1, -0.05) is 25.6 Å². The Morgan fingerprint density at radius 2 is 1.83 bits per heavy atom. The lowest BCUT2D eigenvalue weighted by atomic mass is 10.1. The number of nitrogens with zero attached hydrogens (tertiary/aromatic N) is 4. The minimum atomic E-state index is -0.0655. The van der Waals surface area contributed by atoms with E-state index in [4.69, 9.17) is 9.93 Å². The molecule has 0 saturated carbocycles. The monoisotopic (exact) mass is 299 g/mol. The Morgan fingerprint density at radius 3 is 2.17 bits per heavy atom. The first-order valence-corrected chi connectivity index (χ1v) is 5.33. The molecule has 8 heteroatoms. The summed E-state index contributed by atoms with van der Waals surface area (Å²) in [4.78, 5) is 3.72. The molecule has 0 atom stereocenters. The van der Waals surface area contributed by atoms with Crippen molar-refractivity contribution >= 4 is 24.8 Å². The van der Waals surface area contributed by atoms with E-state index in [2.05, 4.69) is 36.0 Å². The van der Waals surface area contributed by atoms with Crippen molar-refractivity contribution in [2.75, 3.05) is 32.2 Å². The lowest BCUT2D eigenvalue weighted by Gasteiger charge is -2.36. The minimum absolute atomic E-state index is 0. The number of nitrogens with one attached hydrogen (secondary N) is 1. The van der Waals surface area contributed by atoms with Crippen molar-refractivity contribution < 1.29 is 9.31 Å². The molecule has 1 heterocycles. The number of rotatable bonds is 4. The van der Waals surface area contributed by atoms with E-state index in [0.717, 1.165) is 13.1 Å². The van der Waals surface area contributed by atoms with Crippen molar-refractivity contribution in [1.29, 1.82) is 5.41 Å². The summed E-state index contributed by atoms with van der Waals surface area (Å²) >= 11 is 0. The second kappa shape index (κ2) is 7.66. The average Bonchev–Trinajstić information content (AvgIpc) is 2.49. The van der Waals surface area contributed by atoms with Gasteiger partial charge in [0, 0.05) is 18.6 Å². The van der Waals surface area contributed by atoms with Crippen LogP contribution in [-0.2, 0) is 0 Å². The second-order valence-electron chi connectivity index (χ2n) is 5.08. The Bertz CT molecular complexity index is 382. The first-order chi connectivity index (χ1) is 7.30. The second-order valence-corrected chi connectivity index (χ2v) is 5.08. The normalized spacial score (nSPS) is 10.8. The van der Waals surface area contributed by atoms with E-state index in [0.29, 0.717) is 0 Å². The van der Waals surface area contributed by atoms with Gasteiger partial charge in [0.05, 0.1) is 0 Å². The fourth-order valence-electron chi connectivity index (χ4n) is 1.39. The maximum atomic E-state index is 7.34. The third-order valence-corrected chi connectivity index (χ3v) is 2.24. The van der Waals surface area contributed by atoms with Gasteiger partial charge in [0.1, 0.15) is 0 Å². The molecule has 0 saturated heterocycles. The number of likely N-dealkylation sites (N-methyl/N-ethyl adjacent to an activating group) is 1. The highest BCUT2D eigenvalue weighted by Gasteiger charge is 2.22.